The Morgan fingerprint density at radius 1 is 0.800 bits per heavy atom. The lowest BCUT2D eigenvalue weighted by molar-refractivity contribution is -0.157. The molecule has 2 aliphatic rings. The molecule has 2 aromatic carbocycles. The molecule has 0 aromatic heterocycles. The summed E-state index contributed by atoms with van der Waals surface area (Å²) in [4.78, 5) is 25.6. The zero-order valence-electron chi connectivity index (χ0n) is 24.3. The van der Waals surface area contributed by atoms with Gasteiger partial charge in [-0.3, -0.25) is 4.79 Å². The van der Waals surface area contributed by atoms with E-state index >= 15 is 0 Å². The van der Waals surface area contributed by atoms with Crippen molar-refractivity contribution >= 4 is 11.9 Å². The summed E-state index contributed by atoms with van der Waals surface area (Å²) in [5, 5.41) is 0. The third kappa shape index (κ3) is 4.76. The SMILES string of the molecule is C/C=C(\C)C(=O)O[C@H]1c2cc(OC)c(OC)c(OC)c2-c2c(cc3c(c2OC)OCO3)[C@H](OC(C)=O)[C@H](C)[C@@H]1C. The molecule has 0 saturated heterocycles. The zero-order valence-corrected chi connectivity index (χ0v) is 24.3. The van der Waals surface area contributed by atoms with Crippen molar-refractivity contribution in [3.8, 4) is 45.6 Å². The third-order valence-electron chi connectivity index (χ3n) is 7.64. The second-order valence-electron chi connectivity index (χ2n) is 9.76. The van der Waals surface area contributed by atoms with Crippen molar-refractivity contribution in [2.45, 2.75) is 46.8 Å². The highest BCUT2D eigenvalue weighted by Crippen LogP contribution is 2.60. The molecule has 0 saturated carbocycles. The van der Waals surface area contributed by atoms with Gasteiger partial charge in [-0.05, 0) is 26.0 Å². The van der Waals surface area contributed by atoms with Crippen LogP contribution < -0.4 is 28.4 Å². The average molecular weight is 557 g/mol. The summed E-state index contributed by atoms with van der Waals surface area (Å²) in [6.45, 7) is 8.72. The first-order chi connectivity index (χ1) is 19.1. The topological polar surface area (TPSA) is 108 Å². The van der Waals surface area contributed by atoms with Crippen LogP contribution in [0, 0.1) is 11.8 Å². The van der Waals surface area contributed by atoms with E-state index in [1.54, 1.807) is 32.1 Å². The Morgan fingerprint density at radius 3 is 1.93 bits per heavy atom. The van der Waals surface area contributed by atoms with Crippen molar-refractivity contribution in [3.63, 3.8) is 0 Å². The summed E-state index contributed by atoms with van der Waals surface area (Å²) in [6.07, 6.45) is 0.124. The molecule has 10 heteroatoms. The monoisotopic (exact) mass is 556 g/mol. The van der Waals surface area contributed by atoms with Gasteiger partial charge in [0.15, 0.2) is 23.0 Å². The van der Waals surface area contributed by atoms with Gasteiger partial charge in [-0.15, -0.1) is 0 Å². The highest BCUT2D eigenvalue weighted by Gasteiger charge is 2.44. The van der Waals surface area contributed by atoms with Crippen molar-refractivity contribution in [2.24, 2.45) is 11.8 Å². The van der Waals surface area contributed by atoms with E-state index in [1.807, 2.05) is 13.8 Å². The first-order valence-corrected chi connectivity index (χ1v) is 13.0. The molecule has 0 radical (unpaired) electrons. The molecule has 4 atom stereocenters. The maximum Gasteiger partial charge on any atom is 0.333 e. The molecule has 0 bridgehead atoms. The summed E-state index contributed by atoms with van der Waals surface area (Å²) < 4.78 is 47.0. The van der Waals surface area contributed by atoms with E-state index in [1.165, 1.54) is 35.4 Å². The smallest absolute Gasteiger partial charge is 0.333 e. The van der Waals surface area contributed by atoms with Crippen LogP contribution >= 0.6 is 0 Å². The Kier molecular flexibility index (Phi) is 8.37. The lowest BCUT2D eigenvalue weighted by atomic mass is 9.74. The largest absolute Gasteiger partial charge is 0.493 e. The van der Waals surface area contributed by atoms with Gasteiger partial charge in [-0.2, -0.15) is 0 Å². The quantitative estimate of drug-likeness (QED) is 0.318. The predicted octanol–water partition coefficient (Wildman–Crippen LogP) is 5.56. The highest BCUT2D eigenvalue weighted by molar-refractivity contribution is 5.91. The number of carbonyl (C=O) groups is 2. The molecule has 0 unspecified atom stereocenters. The average Bonchev–Trinajstić information content (AvgIpc) is 3.43. The summed E-state index contributed by atoms with van der Waals surface area (Å²) in [5.74, 6) is 0.625. The van der Waals surface area contributed by atoms with Crippen LogP contribution in [0.4, 0.5) is 0 Å². The van der Waals surface area contributed by atoms with Crippen LogP contribution in [0.25, 0.3) is 11.1 Å². The van der Waals surface area contributed by atoms with E-state index in [0.717, 1.165) is 0 Å². The molecule has 40 heavy (non-hydrogen) atoms. The minimum absolute atomic E-state index is 0.00241. The van der Waals surface area contributed by atoms with E-state index < -0.39 is 24.1 Å². The number of fused-ring (bicyclic) bond motifs is 4. The van der Waals surface area contributed by atoms with Crippen LogP contribution in [0.15, 0.2) is 23.8 Å². The number of allylic oxidation sites excluding steroid dienone is 1. The molecule has 0 fully saturated rings. The van der Waals surface area contributed by atoms with Gasteiger partial charge in [0.25, 0.3) is 0 Å². The van der Waals surface area contributed by atoms with E-state index in [2.05, 4.69) is 0 Å². The second-order valence-corrected chi connectivity index (χ2v) is 9.76. The fraction of sp³-hybridized carbons (Fsp3) is 0.467. The molecule has 1 aliphatic heterocycles. The van der Waals surface area contributed by atoms with E-state index in [-0.39, 0.29) is 18.6 Å². The van der Waals surface area contributed by atoms with Crippen molar-refractivity contribution in [3.05, 3.63) is 34.9 Å². The molecule has 10 nitrogen and oxygen atoms in total. The number of hydrogen-bond donors (Lipinski definition) is 0. The Labute approximate surface area is 234 Å². The summed E-state index contributed by atoms with van der Waals surface area (Å²) in [5.41, 5.74) is 2.74. The normalized spacial score (nSPS) is 21.3. The van der Waals surface area contributed by atoms with Gasteiger partial charge in [-0.25, -0.2) is 4.79 Å². The highest BCUT2D eigenvalue weighted by atomic mass is 16.7. The number of methoxy groups -OCH3 is 4. The summed E-state index contributed by atoms with van der Waals surface area (Å²) in [7, 11) is 6.05. The summed E-state index contributed by atoms with van der Waals surface area (Å²) >= 11 is 0. The van der Waals surface area contributed by atoms with Gasteiger partial charge in [-0.1, -0.05) is 19.9 Å². The lowest BCUT2D eigenvalue weighted by Gasteiger charge is -2.38. The standard InChI is InChI=1S/C30H36O10/c1-10-14(2)30(32)40-25-16(4)15(3)24(39-17(5)31)19-12-21-27(38-13-37-21)29(36-9)23(19)22-18(25)11-20(33-6)26(34-7)28(22)35-8/h10-12,15-16,24-25H,13H2,1-9H3/b14-10+/t15-,16+,24-,25-/m1/s1. The number of esters is 2. The van der Waals surface area contributed by atoms with Crippen molar-refractivity contribution in [1.29, 1.82) is 0 Å². The Balaban J connectivity index is 2.21. The van der Waals surface area contributed by atoms with Crippen molar-refractivity contribution < 1.29 is 47.5 Å². The minimum atomic E-state index is -0.803. The van der Waals surface area contributed by atoms with Gasteiger partial charge < -0.3 is 37.9 Å². The van der Waals surface area contributed by atoms with Gasteiger partial charge in [0, 0.05) is 46.6 Å². The van der Waals surface area contributed by atoms with E-state index in [9.17, 15) is 9.59 Å². The predicted molar refractivity (Wildman–Crippen MR) is 145 cm³/mol. The number of rotatable bonds is 7. The third-order valence-corrected chi connectivity index (χ3v) is 7.64. The van der Waals surface area contributed by atoms with Crippen LogP contribution in [0.1, 0.15) is 58.0 Å². The minimum Gasteiger partial charge on any atom is -0.493 e. The van der Waals surface area contributed by atoms with Crippen LogP contribution in [0.3, 0.4) is 0 Å². The van der Waals surface area contributed by atoms with Crippen LogP contribution in [-0.4, -0.2) is 47.2 Å². The van der Waals surface area contributed by atoms with E-state index in [4.69, 9.17) is 37.9 Å². The van der Waals surface area contributed by atoms with Crippen LogP contribution in [0.2, 0.25) is 0 Å². The molecule has 4 rings (SSSR count). The molecule has 216 valence electrons. The van der Waals surface area contributed by atoms with E-state index in [0.29, 0.717) is 62.3 Å². The lowest BCUT2D eigenvalue weighted by Crippen LogP contribution is -2.31. The molecular weight excluding hydrogens is 520 g/mol. The molecule has 2 aromatic rings. The van der Waals surface area contributed by atoms with Gasteiger partial charge in [0.2, 0.25) is 18.3 Å². The Bertz CT molecular complexity index is 1340. The van der Waals surface area contributed by atoms with Crippen LogP contribution in [0.5, 0.6) is 34.5 Å². The maximum atomic E-state index is 13.2. The zero-order chi connectivity index (χ0) is 29.3. The molecule has 0 N–H and O–H groups in total. The summed E-state index contributed by atoms with van der Waals surface area (Å²) in [6, 6.07) is 3.58. The van der Waals surface area contributed by atoms with Gasteiger partial charge in [0.1, 0.15) is 12.2 Å². The molecule has 0 amide bonds. The molecule has 1 heterocycles. The first kappa shape index (κ1) is 28.9. The van der Waals surface area contributed by atoms with Gasteiger partial charge >= 0.3 is 11.9 Å². The van der Waals surface area contributed by atoms with Crippen molar-refractivity contribution in [2.75, 3.05) is 35.2 Å². The van der Waals surface area contributed by atoms with Gasteiger partial charge in [0.05, 0.1) is 28.4 Å². The molecular formula is C30H36O10. The van der Waals surface area contributed by atoms with Crippen LogP contribution in [-0.2, 0) is 19.1 Å². The fourth-order valence-electron chi connectivity index (χ4n) is 5.33. The van der Waals surface area contributed by atoms with Crippen molar-refractivity contribution in [1.82, 2.24) is 0 Å². The number of hydrogen-bond acceptors (Lipinski definition) is 10. The Morgan fingerprint density at radius 2 is 1.38 bits per heavy atom. The number of ether oxygens (including phenoxy) is 8. The molecule has 1 aliphatic carbocycles. The maximum absolute atomic E-state index is 13.2. The number of benzene rings is 2. The first-order valence-electron chi connectivity index (χ1n) is 13.0. The number of carbonyl (C=O) groups excluding carboxylic acids is 2. The Hall–Kier alpha value is -4.08. The molecule has 0 spiro atoms. The second kappa shape index (κ2) is 11.6. The fourth-order valence-corrected chi connectivity index (χ4v) is 5.33.